The van der Waals surface area contributed by atoms with E-state index in [4.69, 9.17) is 14.5 Å². The Balaban J connectivity index is 0.00000306. The lowest BCUT2D eigenvalue weighted by Crippen LogP contribution is -2.38. The molecule has 0 spiro atoms. The number of hydrogen-bond acceptors (Lipinski definition) is 5. The minimum Gasteiger partial charge on any atom is -0.454 e. The summed E-state index contributed by atoms with van der Waals surface area (Å²) in [6.07, 6.45) is 1.07. The summed E-state index contributed by atoms with van der Waals surface area (Å²) in [5.74, 6) is 2.03. The van der Waals surface area contributed by atoms with Crippen LogP contribution in [0.4, 0.5) is 10.1 Å². The second-order valence-corrected chi connectivity index (χ2v) is 8.22. The van der Waals surface area contributed by atoms with Crippen LogP contribution in [-0.4, -0.2) is 55.5 Å². The molecular weight excluding hydrogens is 538 g/mol. The molecule has 9 heteroatoms. The third-order valence-corrected chi connectivity index (χ3v) is 5.78. The molecule has 0 aromatic heterocycles. The van der Waals surface area contributed by atoms with Crippen LogP contribution in [0.15, 0.2) is 41.4 Å². The standard InChI is InChI=1S/C24H31FN4O3.HI/c1-3-26-24(28(2)15-18-5-7-22-23(13-18)32-16-31-22)27-14-17-4-6-21(20(25)12-17)29-10-8-19(30)9-11-29;/h4-7,12-13,19,30H,3,8-11,14-16H2,1-2H3,(H,26,27);1H. The van der Waals surface area contributed by atoms with E-state index in [1.54, 1.807) is 6.07 Å². The number of benzene rings is 2. The molecule has 0 atom stereocenters. The Hall–Kier alpha value is -2.27. The first-order chi connectivity index (χ1) is 15.5. The van der Waals surface area contributed by atoms with E-state index in [9.17, 15) is 9.50 Å². The molecule has 180 valence electrons. The molecule has 2 N–H and O–H groups in total. The molecule has 1 saturated heterocycles. The Morgan fingerprint density at radius 3 is 2.61 bits per heavy atom. The summed E-state index contributed by atoms with van der Waals surface area (Å²) >= 11 is 0. The summed E-state index contributed by atoms with van der Waals surface area (Å²) in [6, 6.07) is 11.2. The van der Waals surface area contributed by atoms with Crippen LogP contribution in [0.5, 0.6) is 11.5 Å². The molecule has 0 saturated carbocycles. The van der Waals surface area contributed by atoms with Gasteiger partial charge in [0, 0.05) is 33.2 Å². The maximum atomic E-state index is 14.8. The molecule has 0 radical (unpaired) electrons. The van der Waals surface area contributed by atoms with Gasteiger partial charge < -0.3 is 29.7 Å². The van der Waals surface area contributed by atoms with Crippen molar-refractivity contribution in [2.45, 2.75) is 39.0 Å². The number of nitrogens with zero attached hydrogens (tertiary/aromatic N) is 3. The fraction of sp³-hybridized carbons (Fsp3) is 0.458. The van der Waals surface area contributed by atoms with Crippen LogP contribution < -0.4 is 19.7 Å². The van der Waals surface area contributed by atoms with Gasteiger partial charge in [-0.2, -0.15) is 0 Å². The number of hydrogen-bond donors (Lipinski definition) is 2. The van der Waals surface area contributed by atoms with E-state index in [1.165, 1.54) is 0 Å². The van der Waals surface area contributed by atoms with Gasteiger partial charge in [-0.3, -0.25) is 0 Å². The summed E-state index contributed by atoms with van der Waals surface area (Å²) in [5, 5.41) is 13.0. The lowest BCUT2D eigenvalue weighted by molar-refractivity contribution is 0.145. The summed E-state index contributed by atoms with van der Waals surface area (Å²) in [5.41, 5.74) is 2.50. The van der Waals surface area contributed by atoms with Gasteiger partial charge in [0.15, 0.2) is 17.5 Å². The van der Waals surface area contributed by atoms with Crippen molar-refractivity contribution >= 4 is 35.6 Å². The highest BCUT2D eigenvalue weighted by molar-refractivity contribution is 14.0. The highest BCUT2D eigenvalue weighted by Crippen LogP contribution is 2.32. The average Bonchev–Trinajstić information content (AvgIpc) is 3.25. The van der Waals surface area contributed by atoms with Crippen molar-refractivity contribution in [1.82, 2.24) is 10.2 Å². The Morgan fingerprint density at radius 2 is 1.88 bits per heavy atom. The first kappa shape index (κ1) is 25.4. The van der Waals surface area contributed by atoms with E-state index in [-0.39, 0.29) is 42.7 Å². The monoisotopic (exact) mass is 570 g/mol. The quantitative estimate of drug-likeness (QED) is 0.314. The minimum atomic E-state index is -0.276. The molecule has 0 bridgehead atoms. The van der Waals surface area contributed by atoms with Crippen molar-refractivity contribution in [1.29, 1.82) is 0 Å². The molecule has 2 aliphatic rings. The Labute approximate surface area is 211 Å². The van der Waals surface area contributed by atoms with Gasteiger partial charge in [0.1, 0.15) is 5.82 Å². The predicted octanol–water partition coefficient (Wildman–Crippen LogP) is 3.73. The molecular formula is C24H32FIN4O3. The van der Waals surface area contributed by atoms with Crippen molar-refractivity contribution in [3.05, 3.63) is 53.3 Å². The van der Waals surface area contributed by atoms with Crippen LogP contribution in [-0.2, 0) is 13.1 Å². The third-order valence-electron chi connectivity index (χ3n) is 5.78. The van der Waals surface area contributed by atoms with Gasteiger partial charge >= 0.3 is 0 Å². The van der Waals surface area contributed by atoms with Crippen LogP contribution in [0.25, 0.3) is 0 Å². The number of halogens is 2. The lowest BCUT2D eigenvalue weighted by Gasteiger charge is -2.31. The van der Waals surface area contributed by atoms with Gasteiger partial charge in [-0.05, 0) is 55.2 Å². The molecule has 0 amide bonds. The summed E-state index contributed by atoms with van der Waals surface area (Å²) < 4.78 is 25.6. The van der Waals surface area contributed by atoms with Crippen LogP contribution in [0.1, 0.15) is 30.9 Å². The molecule has 2 aromatic carbocycles. The summed E-state index contributed by atoms with van der Waals surface area (Å²) in [6.45, 7) is 5.39. The largest absolute Gasteiger partial charge is 0.454 e. The van der Waals surface area contributed by atoms with Crippen molar-refractivity contribution in [3.8, 4) is 11.5 Å². The second kappa shape index (κ2) is 11.7. The Bertz CT molecular complexity index is 967. The lowest BCUT2D eigenvalue weighted by atomic mass is 10.1. The van der Waals surface area contributed by atoms with Gasteiger partial charge in [-0.25, -0.2) is 9.38 Å². The van der Waals surface area contributed by atoms with Gasteiger partial charge in [0.05, 0.1) is 18.3 Å². The molecule has 1 fully saturated rings. The number of aliphatic hydroxyl groups is 1. The zero-order chi connectivity index (χ0) is 22.5. The number of aliphatic hydroxyl groups excluding tert-OH is 1. The van der Waals surface area contributed by atoms with Crippen molar-refractivity contribution in [3.63, 3.8) is 0 Å². The zero-order valence-corrected chi connectivity index (χ0v) is 21.4. The van der Waals surface area contributed by atoms with Gasteiger partial charge in [0.2, 0.25) is 6.79 Å². The highest BCUT2D eigenvalue weighted by Gasteiger charge is 2.20. The topological polar surface area (TPSA) is 69.6 Å². The third kappa shape index (κ3) is 6.41. The normalized spacial score (nSPS) is 15.9. The SMILES string of the molecule is CCNC(=NCc1ccc(N2CCC(O)CC2)c(F)c1)N(C)Cc1ccc2c(c1)OCO2.I. The molecule has 2 heterocycles. The Morgan fingerprint density at radius 1 is 1.15 bits per heavy atom. The first-order valence-corrected chi connectivity index (χ1v) is 11.1. The van der Waals surface area contributed by atoms with E-state index in [2.05, 4.69) is 5.32 Å². The molecule has 4 rings (SSSR count). The van der Waals surface area contributed by atoms with E-state index in [1.807, 2.05) is 54.1 Å². The number of aliphatic imine (C=N–C) groups is 1. The van der Waals surface area contributed by atoms with Crippen LogP contribution in [0, 0.1) is 5.82 Å². The maximum Gasteiger partial charge on any atom is 0.231 e. The highest BCUT2D eigenvalue weighted by atomic mass is 127. The predicted molar refractivity (Wildman–Crippen MR) is 138 cm³/mol. The maximum absolute atomic E-state index is 14.8. The van der Waals surface area contributed by atoms with Crippen LogP contribution >= 0.6 is 24.0 Å². The minimum absolute atomic E-state index is 0. The van der Waals surface area contributed by atoms with Crippen molar-refractivity contribution in [2.24, 2.45) is 4.99 Å². The number of nitrogens with one attached hydrogen (secondary N) is 1. The van der Waals surface area contributed by atoms with Crippen molar-refractivity contribution < 1.29 is 19.0 Å². The fourth-order valence-corrected chi connectivity index (χ4v) is 4.04. The number of ether oxygens (including phenoxy) is 2. The van der Waals surface area contributed by atoms with Gasteiger partial charge in [-0.15, -0.1) is 24.0 Å². The summed E-state index contributed by atoms with van der Waals surface area (Å²) in [7, 11) is 1.97. The van der Waals surface area contributed by atoms with E-state index in [0.717, 1.165) is 35.1 Å². The number of rotatable bonds is 6. The molecule has 2 aliphatic heterocycles. The van der Waals surface area contributed by atoms with E-state index >= 15 is 0 Å². The molecule has 0 unspecified atom stereocenters. The van der Waals surface area contributed by atoms with Gasteiger partial charge in [0.25, 0.3) is 0 Å². The average molecular weight is 570 g/mol. The van der Waals surface area contributed by atoms with E-state index in [0.29, 0.717) is 44.7 Å². The summed E-state index contributed by atoms with van der Waals surface area (Å²) in [4.78, 5) is 8.74. The van der Waals surface area contributed by atoms with Crippen molar-refractivity contribution in [2.75, 3.05) is 38.4 Å². The number of guanidine groups is 1. The fourth-order valence-electron chi connectivity index (χ4n) is 4.04. The number of piperidine rings is 1. The second-order valence-electron chi connectivity index (χ2n) is 8.22. The molecule has 33 heavy (non-hydrogen) atoms. The zero-order valence-electron chi connectivity index (χ0n) is 19.1. The molecule has 0 aliphatic carbocycles. The smallest absolute Gasteiger partial charge is 0.231 e. The van der Waals surface area contributed by atoms with Gasteiger partial charge in [-0.1, -0.05) is 12.1 Å². The first-order valence-electron chi connectivity index (χ1n) is 11.1. The molecule has 2 aromatic rings. The van der Waals surface area contributed by atoms with Crippen LogP contribution in [0.2, 0.25) is 0 Å². The molecule has 7 nitrogen and oxygen atoms in total. The van der Waals surface area contributed by atoms with E-state index < -0.39 is 0 Å². The Kier molecular flexibility index (Phi) is 9.02. The number of fused-ring (bicyclic) bond motifs is 1. The van der Waals surface area contributed by atoms with Crippen LogP contribution in [0.3, 0.4) is 0 Å². The number of anilines is 1.